The summed E-state index contributed by atoms with van der Waals surface area (Å²) in [6.45, 7) is 3.96. The monoisotopic (exact) mass is 210 g/mol. The predicted molar refractivity (Wildman–Crippen MR) is 66.7 cm³/mol. The molecule has 0 aliphatic carbocycles. The van der Waals surface area contributed by atoms with Gasteiger partial charge in [0.1, 0.15) is 6.10 Å². The van der Waals surface area contributed by atoms with Gasteiger partial charge in [-0.2, -0.15) is 0 Å². The quantitative estimate of drug-likeness (QED) is 0.476. The summed E-state index contributed by atoms with van der Waals surface area (Å²) >= 11 is 0. The van der Waals surface area contributed by atoms with E-state index >= 15 is 0 Å². The minimum Gasteiger partial charge on any atom is -0.381 e. The SMILES string of the molecule is CCCCCCCCCCC#C[C@H](C)O. The number of aliphatic hydroxyl groups excluding tert-OH is 1. The lowest BCUT2D eigenvalue weighted by molar-refractivity contribution is 0.253. The fraction of sp³-hybridized carbons (Fsp3) is 0.857. The van der Waals surface area contributed by atoms with E-state index in [1.807, 2.05) is 0 Å². The standard InChI is InChI=1S/C14H26O/c1-3-4-5-6-7-8-9-10-11-12-13-14(2)15/h14-15H,3-11H2,1-2H3/t14-/m0/s1. The molecule has 0 bridgehead atoms. The zero-order chi connectivity index (χ0) is 11.4. The van der Waals surface area contributed by atoms with E-state index in [4.69, 9.17) is 5.11 Å². The summed E-state index contributed by atoms with van der Waals surface area (Å²) in [7, 11) is 0. The molecule has 0 aromatic heterocycles. The smallest absolute Gasteiger partial charge is 0.111 e. The molecule has 1 nitrogen and oxygen atoms in total. The van der Waals surface area contributed by atoms with Crippen LogP contribution in [-0.2, 0) is 0 Å². The van der Waals surface area contributed by atoms with E-state index in [-0.39, 0.29) is 0 Å². The average Bonchev–Trinajstić information content (AvgIpc) is 2.20. The third-order valence-corrected chi connectivity index (χ3v) is 2.47. The van der Waals surface area contributed by atoms with E-state index < -0.39 is 6.10 Å². The van der Waals surface area contributed by atoms with Gasteiger partial charge in [-0.15, -0.1) is 5.92 Å². The predicted octanol–water partition coefficient (Wildman–Crippen LogP) is 3.90. The maximum Gasteiger partial charge on any atom is 0.111 e. The highest BCUT2D eigenvalue weighted by molar-refractivity contribution is 5.02. The normalized spacial score (nSPS) is 11.9. The summed E-state index contributed by atoms with van der Waals surface area (Å²) in [6.07, 6.45) is 11.2. The van der Waals surface area contributed by atoms with Crippen LogP contribution in [0.5, 0.6) is 0 Å². The van der Waals surface area contributed by atoms with E-state index in [0.717, 1.165) is 6.42 Å². The van der Waals surface area contributed by atoms with E-state index in [1.165, 1.54) is 51.4 Å². The Morgan fingerprint density at radius 1 is 0.933 bits per heavy atom. The summed E-state index contributed by atoms with van der Waals surface area (Å²) in [5.74, 6) is 5.77. The zero-order valence-corrected chi connectivity index (χ0v) is 10.4. The van der Waals surface area contributed by atoms with Gasteiger partial charge in [0.25, 0.3) is 0 Å². The molecule has 0 spiro atoms. The molecule has 1 N–H and O–H groups in total. The van der Waals surface area contributed by atoms with Crippen LogP contribution < -0.4 is 0 Å². The van der Waals surface area contributed by atoms with Crippen molar-refractivity contribution < 1.29 is 5.11 Å². The van der Waals surface area contributed by atoms with Crippen molar-refractivity contribution in [1.82, 2.24) is 0 Å². The van der Waals surface area contributed by atoms with Crippen molar-refractivity contribution in [2.75, 3.05) is 0 Å². The molecule has 0 aliphatic heterocycles. The second kappa shape index (κ2) is 11.6. The lowest BCUT2D eigenvalue weighted by atomic mass is 10.1. The molecule has 0 aliphatic rings. The van der Waals surface area contributed by atoms with Gasteiger partial charge in [0.2, 0.25) is 0 Å². The van der Waals surface area contributed by atoms with Crippen LogP contribution in [0.15, 0.2) is 0 Å². The van der Waals surface area contributed by atoms with Crippen LogP contribution in [0.3, 0.4) is 0 Å². The van der Waals surface area contributed by atoms with Gasteiger partial charge in [0, 0.05) is 6.42 Å². The number of aliphatic hydroxyl groups is 1. The van der Waals surface area contributed by atoms with Crippen molar-refractivity contribution in [1.29, 1.82) is 0 Å². The molecule has 0 unspecified atom stereocenters. The highest BCUT2D eigenvalue weighted by Gasteiger charge is 1.90. The molecule has 0 radical (unpaired) electrons. The Bertz CT molecular complexity index is 174. The molecule has 0 heterocycles. The second-order valence-corrected chi connectivity index (χ2v) is 4.22. The van der Waals surface area contributed by atoms with Crippen molar-refractivity contribution in [3.63, 3.8) is 0 Å². The average molecular weight is 210 g/mol. The van der Waals surface area contributed by atoms with E-state index in [1.54, 1.807) is 6.92 Å². The van der Waals surface area contributed by atoms with Crippen molar-refractivity contribution in [2.45, 2.75) is 77.7 Å². The summed E-state index contributed by atoms with van der Waals surface area (Å²) < 4.78 is 0. The van der Waals surface area contributed by atoms with Gasteiger partial charge in [0.15, 0.2) is 0 Å². The van der Waals surface area contributed by atoms with Crippen molar-refractivity contribution in [2.24, 2.45) is 0 Å². The topological polar surface area (TPSA) is 20.2 Å². The molecular formula is C14H26O. The van der Waals surface area contributed by atoms with Crippen molar-refractivity contribution >= 4 is 0 Å². The van der Waals surface area contributed by atoms with Crippen LogP contribution in [-0.4, -0.2) is 11.2 Å². The van der Waals surface area contributed by atoms with Crippen LogP contribution in [0.4, 0.5) is 0 Å². The van der Waals surface area contributed by atoms with Crippen LogP contribution in [0.1, 0.15) is 71.6 Å². The lowest BCUT2D eigenvalue weighted by Crippen LogP contribution is -1.92. The molecule has 0 amide bonds. The van der Waals surface area contributed by atoms with Crippen LogP contribution in [0.2, 0.25) is 0 Å². The first-order valence-corrected chi connectivity index (χ1v) is 6.43. The van der Waals surface area contributed by atoms with Crippen LogP contribution in [0, 0.1) is 11.8 Å². The molecule has 0 saturated heterocycles. The Labute approximate surface area is 95.3 Å². The van der Waals surface area contributed by atoms with Gasteiger partial charge in [-0.25, -0.2) is 0 Å². The minimum absolute atomic E-state index is 0.459. The van der Waals surface area contributed by atoms with Gasteiger partial charge < -0.3 is 5.11 Å². The molecule has 0 aromatic carbocycles. The third-order valence-electron chi connectivity index (χ3n) is 2.47. The number of hydrogen-bond acceptors (Lipinski definition) is 1. The molecular weight excluding hydrogens is 184 g/mol. The van der Waals surface area contributed by atoms with Crippen LogP contribution >= 0.6 is 0 Å². The molecule has 0 aromatic rings. The molecule has 15 heavy (non-hydrogen) atoms. The van der Waals surface area contributed by atoms with E-state index in [9.17, 15) is 0 Å². The Kier molecular flexibility index (Phi) is 11.2. The fourth-order valence-corrected chi connectivity index (χ4v) is 1.57. The minimum atomic E-state index is -0.459. The first kappa shape index (κ1) is 14.5. The summed E-state index contributed by atoms with van der Waals surface area (Å²) in [5, 5.41) is 8.90. The maximum atomic E-state index is 8.90. The molecule has 0 saturated carbocycles. The molecule has 1 atom stereocenters. The van der Waals surface area contributed by atoms with Gasteiger partial charge in [-0.1, -0.05) is 57.8 Å². The van der Waals surface area contributed by atoms with E-state index in [2.05, 4.69) is 18.8 Å². The van der Waals surface area contributed by atoms with Gasteiger partial charge in [-0.05, 0) is 13.3 Å². The zero-order valence-electron chi connectivity index (χ0n) is 10.4. The molecule has 0 rings (SSSR count). The number of unbranched alkanes of at least 4 members (excludes halogenated alkanes) is 8. The summed E-state index contributed by atoms with van der Waals surface area (Å²) in [4.78, 5) is 0. The maximum absolute atomic E-state index is 8.90. The summed E-state index contributed by atoms with van der Waals surface area (Å²) in [5.41, 5.74) is 0. The molecule has 0 fully saturated rings. The van der Waals surface area contributed by atoms with Crippen molar-refractivity contribution in [3.05, 3.63) is 0 Å². The number of hydrogen-bond donors (Lipinski definition) is 1. The van der Waals surface area contributed by atoms with Gasteiger partial charge in [-0.3, -0.25) is 0 Å². The highest BCUT2D eigenvalue weighted by Crippen LogP contribution is 2.08. The number of rotatable bonds is 8. The largest absolute Gasteiger partial charge is 0.381 e. The van der Waals surface area contributed by atoms with Gasteiger partial charge >= 0.3 is 0 Å². The first-order chi connectivity index (χ1) is 7.27. The lowest BCUT2D eigenvalue weighted by Gasteiger charge is -1.99. The first-order valence-electron chi connectivity index (χ1n) is 6.43. The van der Waals surface area contributed by atoms with E-state index in [0.29, 0.717) is 0 Å². The Morgan fingerprint density at radius 2 is 1.47 bits per heavy atom. The van der Waals surface area contributed by atoms with Crippen LogP contribution in [0.25, 0.3) is 0 Å². The van der Waals surface area contributed by atoms with Gasteiger partial charge in [0.05, 0.1) is 0 Å². The molecule has 1 heteroatoms. The second-order valence-electron chi connectivity index (χ2n) is 4.22. The fourth-order valence-electron chi connectivity index (χ4n) is 1.57. The summed E-state index contributed by atoms with van der Waals surface area (Å²) in [6, 6.07) is 0. The highest BCUT2D eigenvalue weighted by atomic mass is 16.3. The molecule has 88 valence electrons. The van der Waals surface area contributed by atoms with Crippen molar-refractivity contribution in [3.8, 4) is 11.8 Å². The third kappa shape index (κ3) is 13.5. The Morgan fingerprint density at radius 3 is 2.00 bits per heavy atom. The Balaban J connectivity index is 3.03. The Hall–Kier alpha value is -0.480.